The van der Waals surface area contributed by atoms with Gasteiger partial charge in [0.25, 0.3) is 5.91 Å². The van der Waals surface area contributed by atoms with Gasteiger partial charge in [-0.25, -0.2) is 0 Å². The van der Waals surface area contributed by atoms with Crippen molar-refractivity contribution in [1.29, 1.82) is 0 Å². The van der Waals surface area contributed by atoms with E-state index in [4.69, 9.17) is 0 Å². The summed E-state index contributed by atoms with van der Waals surface area (Å²) in [7, 11) is 2.05. The number of carbonyl (C=O) groups is 1. The molecule has 96 valence electrons. The van der Waals surface area contributed by atoms with Crippen LogP contribution in [0.1, 0.15) is 23.5 Å². The molecule has 17 heavy (non-hydrogen) atoms. The van der Waals surface area contributed by atoms with Crippen LogP contribution in [0.5, 0.6) is 0 Å². The summed E-state index contributed by atoms with van der Waals surface area (Å²) >= 11 is 8.18. The first-order chi connectivity index (χ1) is 7.91. The molecule has 1 aromatic rings. The lowest BCUT2D eigenvalue weighted by Gasteiger charge is -2.20. The molecule has 3 nitrogen and oxygen atoms in total. The molecule has 0 fully saturated rings. The van der Waals surface area contributed by atoms with E-state index >= 15 is 0 Å². The van der Waals surface area contributed by atoms with Crippen molar-refractivity contribution in [1.82, 2.24) is 10.2 Å². The molecule has 1 rings (SSSR count). The first-order valence-corrected chi connectivity index (χ1v) is 7.75. The SMILES string of the molecule is CC(C)N(C)CCNC(=O)c1cc(Br)c(Br)s1. The first kappa shape index (κ1) is 15.1. The van der Waals surface area contributed by atoms with E-state index in [0.29, 0.717) is 12.6 Å². The molecule has 0 aliphatic rings. The average Bonchev–Trinajstić information content (AvgIpc) is 2.59. The van der Waals surface area contributed by atoms with Crippen molar-refractivity contribution in [2.75, 3.05) is 20.1 Å². The van der Waals surface area contributed by atoms with Gasteiger partial charge in [0.05, 0.1) is 8.66 Å². The monoisotopic (exact) mass is 382 g/mol. The number of halogens is 2. The molecular formula is C11H16Br2N2OS. The lowest BCUT2D eigenvalue weighted by molar-refractivity contribution is 0.0952. The minimum atomic E-state index is -0.0152. The van der Waals surface area contributed by atoms with Crippen LogP contribution in [0.4, 0.5) is 0 Å². The maximum atomic E-state index is 11.8. The summed E-state index contributed by atoms with van der Waals surface area (Å²) in [4.78, 5) is 14.7. The van der Waals surface area contributed by atoms with Crippen molar-refractivity contribution in [2.45, 2.75) is 19.9 Å². The van der Waals surface area contributed by atoms with Crippen molar-refractivity contribution in [3.05, 3.63) is 19.2 Å². The number of thiophene rings is 1. The van der Waals surface area contributed by atoms with E-state index < -0.39 is 0 Å². The van der Waals surface area contributed by atoms with Gasteiger partial charge >= 0.3 is 0 Å². The predicted molar refractivity (Wildman–Crippen MR) is 79.8 cm³/mol. The number of carbonyl (C=O) groups excluding carboxylic acids is 1. The zero-order chi connectivity index (χ0) is 13.0. The summed E-state index contributed by atoms with van der Waals surface area (Å²) < 4.78 is 1.87. The Balaban J connectivity index is 2.40. The summed E-state index contributed by atoms with van der Waals surface area (Å²) in [6, 6.07) is 2.33. The lowest BCUT2D eigenvalue weighted by Crippen LogP contribution is -2.35. The second kappa shape index (κ2) is 6.87. The Morgan fingerprint density at radius 2 is 2.18 bits per heavy atom. The van der Waals surface area contributed by atoms with Crippen LogP contribution < -0.4 is 5.32 Å². The number of nitrogens with zero attached hydrogens (tertiary/aromatic N) is 1. The van der Waals surface area contributed by atoms with E-state index in [1.165, 1.54) is 11.3 Å². The van der Waals surface area contributed by atoms with Crippen molar-refractivity contribution in [3.8, 4) is 0 Å². The summed E-state index contributed by atoms with van der Waals surface area (Å²) in [6.45, 7) is 5.79. The fourth-order valence-corrected chi connectivity index (χ4v) is 3.10. The van der Waals surface area contributed by atoms with Gasteiger partial charge in [0.1, 0.15) is 0 Å². The van der Waals surface area contributed by atoms with Crippen molar-refractivity contribution >= 4 is 49.1 Å². The molecule has 1 N–H and O–H groups in total. The largest absolute Gasteiger partial charge is 0.350 e. The van der Waals surface area contributed by atoms with Crippen molar-refractivity contribution < 1.29 is 4.79 Å². The third-order valence-corrected chi connectivity index (χ3v) is 5.76. The molecule has 0 aromatic carbocycles. The Labute approximate surface area is 123 Å². The lowest BCUT2D eigenvalue weighted by atomic mass is 10.3. The highest BCUT2D eigenvalue weighted by molar-refractivity contribution is 9.13. The van der Waals surface area contributed by atoms with Gasteiger partial charge in [0.15, 0.2) is 0 Å². The fourth-order valence-electron chi connectivity index (χ4n) is 1.15. The molecule has 0 spiro atoms. The Hall–Kier alpha value is 0.0900. The first-order valence-electron chi connectivity index (χ1n) is 5.35. The molecule has 0 bridgehead atoms. The van der Waals surface area contributed by atoms with Crippen LogP contribution in [0.25, 0.3) is 0 Å². The van der Waals surface area contributed by atoms with Crippen LogP contribution in [0.2, 0.25) is 0 Å². The van der Waals surface area contributed by atoms with Gasteiger partial charge in [0.2, 0.25) is 0 Å². The van der Waals surface area contributed by atoms with E-state index in [-0.39, 0.29) is 5.91 Å². The Morgan fingerprint density at radius 3 is 2.65 bits per heavy atom. The standard InChI is InChI=1S/C11H16Br2N2OS/c1-7(2)15(3)5-4-14-11(16)9-6-8(12)10(13)17-9/h6-7H,4-5H2,1-3H3,(H,14,16). The molecule has 0 aliphatic carbocycles. The molecule has 0 aliphatic heterocycles. The second-order valence-electron chi connectivity index (χ2n) is 4.06. The third kappa shape index (κ3) is 4.69. The number of nitrogens with one attached hydrogen (secondary N) is 1. The highest BCUT2D eigenvalue weighted by Gasteiger charge is 2.11. The minimum absolute atomic E-state index is 0.0152. The summed E-state index contributed by atoms with van der Waals surface area (Å²) in [5.41, 5.74) is 0. The zero-order valence-corrected chi connectivity index (χ0v) is 14.1. The highest BCUT2D eigenvalue weighted by atomic mass is 79.9. The second-order valence-corrected chi connectivity index (χ2v) is 7.29. The van der Waals surface area contributed by atoms with Gasteiger partial charge in [0, 0.05) is 23.6 Å². The molecule has 0 radical (unpaired) electrons. The summed E-state index contributed by atoms with van der Waals surface area (Å²) in [5.74, 6) is -0.0152. The Morgan fingerprint density at radius 1 is 1.53 bits per heavy atom. The molecule has 6 heteroatoms. The zero-order valence-electron chi connectivity index (χ0n) is 10.1. The van der Waals surface area contributed by atoms with E-state index in [9.17, 15) is 4.79 Å². The van der Waals surface area contributed by atoms with E-state index in [1.54, 1.807) is 0 Å². The fraction of sp³-hybridized carbons (Fsp3) is 0.545. The van der Waals surface area contributed by atoms with Crippen LogP contribution in [0.15, 0.2) is 14.3 Å². The van der Waals surface area contributed by atoms with E-state index in [2.05, 4.69) is 63.0 Å². The Bertz CT molecular complexity index is 373. The third-order valence-electron chi connectivity index (χ3n) is 2.50. The van der Waals surface area contributed by atoms with Gasteiger partial charge < -0.3 is 10.2 Å². The van der Waals surface area contributed by atoms with Gasteiger partial charge in [-0.1, -0.05) is 0 Å². The van der Waals surface area contributed by atoms with Gasteiger partial charge in [-0.15, -0.1) is 11.3 Å². The minimum Gasteiger partial charge on any atom is -0.350 e. The highest BCUT2D eigenvalue weighted by Crippen LogP contribution is 2.32. The smallest absolute Gasteiger partial charge is 0.261 e. The quantitative estimate of drug-likeness (QED) is 0.845. The molecule has 1 amide bonds. The molecule has 0 atom stereocenters. The van der Waals surface area contributed by atoms with E-state index in [0.717, 1.165) is 19.7 Å². The summed E-state index contributed by atoms with van der Waals surface area (Å²) in [5, 5.41) is 2.91. The molecule has 0 saturated carbocycles. The van der Waals surface area contributed by atoms with Crippen LogP contribution in [-0.4, -0.2) is 37.0 Å². The van der Waals surface area contributed by atoms with E-state index in [1.807, 2.05) is 6.07 Å². The predicted octanol–water partition coefficient (Wildman–Crippen LogP) is 3.34. The number of hydrogen-bond donors (Lipinski definition) is 1. The Kier molecular flexibility index (Phi) is 6.12. The van der Waals surface area contributed by atoms with Gasteiger partial charge in [-0.2, -0.15) is 0 Å². The van der Waals surface area contributed by atoms with Crippen molar-refractivity contribution in [2.24, 2.45) is 0 Å². The van der Waals surface area contributed by atoms with Gasteiger partial charge in [-0.05, 0) is 58.8 Å². The van der Waals surface area contributed by atoms with Crippen LogP contribution in [0, 0.1) is 0 Å². The number of likely N-dealkylation sites (N-methyl/N-ethyl adjacent to an activating group) is 1. The van der Waals surface area contributed by atoms with Crippen molar-refractivity contribution in [3.63, 3.8) is 0 Å². The maximum absolute atomic E-state index is 11.8. The van der Waals surface area contributed by atoms with Crippen LogP contribution in [0.3, 0.4) is 0 Å². The van der Waals surface area contributed by atoms with Gasteiger partial charge in [-0.3, -0.25) is 4.79 Å². The molecule has 1 heterocycles. The molecule has 0 saturated heterocycles. The topological polar surface area (TPSA) is 32.3 Å². The summed E-state index contributed by atoms with van der Waals surface area (Å²) in [6.07, 6.45) is 0. The molecule has 1 aromatic heterocycles. The average molecular weight is 384 g/mol. The number of hydrogen-bond acceptors (Lipinski definition) is 3. The van der Waals surface area contributed by atoms with Crippen LogP contribution in [-0.2, 0) is 0 Å². The normalized spacial score (nSPS) is 11.2. The molecular weight excluding hydrogens is 368 g/mol. The maximum Gasteiger partial charge on any atom is 0.261 e. The molecule has 0 unspecified atom stereocenters. The van der Waals surface area contributed by atoms with Crippen LogP contribution >= 0.6 is 43.2 Å². The number of amides is 1. The number of rotatable bonds is 5.